The topological polar surface area (TPSA) is 44.1 Å². The molecule has 0 amide bonds. The first-order valence-electron chi connectivity index (χ1n) is 6.13. The van der Waals surface area contributed by atoms with Crippen LogP contribution in [0.5, 0.6) is 5.75 Å². The molecular formula is C15H16N2O2. The Kier molecular flexibility index (Phi) is 4.13. The van der Waals surface area contributed by atoms with Crippen LogP contribution in [0.1, 0.15) is 23.0 Å². The Labute approximate surface area is 112 Å². The molecule has 0 spiro atoms. The number of benzene rings is 1. The van der Waals surface area contributed by atoms with E-state index in [0.717, 1.165) is 12.2 Å². The van der Waals surface area contributed by atoms with E-state index in [1.807, 2.05) is 23.7 Å². The van der Waals surface area contributed by atoms with Crippen molar-refractivity contribution in [2.24, 2.45) is 0 Å². The smallest absolute Gasteiger partial charge is 0.186 e. The third kappa shape index (κ3) is 3.10. The molecule has 2 rings (SSSR count). The van der Waals surface area contributed by atoms with Gasteiger partial charge in [0.05, 0.1) is 12.8 Å². The molecule has 19 heavy (non-hydrogen) atoms. The fraction of sp³-hybridized carbons (Fsp3) is 0.200. The third-order valence-electron chi connectivity index (χ3n) is 2.81. The molecule has 0 atom stereocenters. The van der Waals surface area contributed by atoms with Crippen LogP contribution in [0.25, 0.3) is 6.08 Å². The van der Waals surface area contributed by atoms with Gasteiger partial charge >= 0.3 is 0 Å². The average Bonchev–Trinajstić information content (AvgIpc) is 2.92. The largest absolute Gasteiger partial charge is 0.497 e. The second-order valence-electron chi connectivity index (χ2n) is 4.00. The Morgan fingerprint density at radius 3 is 3.00 bits per heavy atom. The Bertz CT molecular complexity index is 600. The van der Waals surface area contributed by atoms with Crippen molar-refractivity contribution in [1.29, 1.82) is 0 Å². The number of ether oxygens (including phenoxy) is 1. The summed E-state index contributed by atoms with van der Waals surface area (Å²) in [5, 5.41) is 4.15. The number of carbonyl (C=O) groups is 1. The van der Waals surface area contributed by atoms with E-state index in [9.17, 15) is 4.79 Å². The molecule has 0 aliphatic heterocycles. The molecule has 0 N–H and O–H groups in total. The van der Waals surface area contributed by atoms with E-state index in [1.54, 1.807) is 43.7 Å². The molecule has 0 saturated heterocycles. The first-order chi connectivity index (χ1) is 9.24. The predicted octanol–water partition coefficient (Wildman–Crippen LogP) is 2.81. The zero-order chi connectivity index (χ0) is 13.7. The summed E-state index contributed by atoms with van der Waals surface area (Å²) >= 11 is 0. The molecule has 0 bridgehead atoms. The lowest BCUT2D eigenvalue weighted by Crippen LogP contribution is -1.99. The van der Waals surface area contributed by atoms with E-state index in [-0.39, 0.29) is 5.78 Å². The highest BCUT2D eigenvalue weighted by Gasteiger charge is 2.03. The van der Waals surface area contributed by atoms with Crippen molar-refractivity contribution in [2.75, 3.05) is 7.11 Å². The summed E-state index contributed by atoms with van der Waals surface area (Å²) in [5.41, 5.74) is 1.52. The summed E-state index contributed by atoms with van der Waals surface area (Å²) in [6.07, 6.45) is 5.05. The highest BCUT2D eigenvalue weighted by atomic mass is 16.5. The van der Waals surface area contributed by atoms with Gasteiger partial charge in [-0.3, -0.25) is 9.48 Å². The van der Waals surface area contributed by atoms with Crippen molar-refractivity contribution in [2.45, 2.75) is 13.5 Å². The molecule has 0 radical (unpaired) electrons. The first-order valence-corrected chi connectivity index (χ1v) is 6.13. The van der Waals surface area contributed by atoms with Crippen molar-refractivity contribution in [1.82, 2.24) is 9.78 Å². The number of methoxy groups -OCH3 is 1. The lowest BCUT2D eigenvalue weighted by atomic mass is 10.1. The van der Waals surface area contributed by atoms with Crippen LogP contribution in [-0.4, -0.2) is 22.7 Å². The fourth-order valence-corrected chi connectivity index (χ4v) is 1.78. The summed E-state index contributed by atoms with van der Waals surface area (Å²) < 4.78 is 6.93. The van der Waals surface area contributed by atoms with E-state index in [2.05, 4.69) is 5.10 Å². The van der Waals surface area contributed by atoms with Gasteiger partial charge in [0.25, 0.3) is 0 Å². The maximum absolute atomic E-state index is 12.0. The van der Waals surface area contributed by atoms with Gasteiger partial charge in [0, 0.05) is 18.3 Å². The van der Waals surface area contributed by atoms with Gasteiger partial charge in [0.2, 0.25) is 0 Å². The molecule has 98 valence electrons. The van der Waals surface area contributed by atoms with E-state index >= 15 is 0 Å². The number of ketones is 1. The number of nitrogens with zero attached hydrogens (tertiary/aromatic N) is 2. The van der Waals surface area contributed by atoms with Crippen LogP contribution >= 0.6 is 0 Å². The summed E-state index contributed by atoms with van der Waals surface area (Å²) in [4.78, 5) is 12.0. The lowest BCUT2D eigenvalue weighted by Gasteiger charge is -2.01. The highest BCUT2D eigenvalue weighted by Crippen LogP contribution is 2.14. The van der Waals surface area contributed by atoms with Crippen molar-refractivity contribution in [3.8, 4) is 5.75 Å². The molecule has 0 aliphatic rings. The standard InChI is InChI=1S/C15H16N2O2/c1-3-17-13(9-10-16-17)7-8-15(18)12-5-4-6-14(11-12)19-2/h4-11H,3H2,1-2H3/b8-7+. The first kappa shape index (κ1) is 13.1. The maximum atomic E-state index is 12.0. The Balaban J connectivity index is 2.16. The minimum atomic E-state index is -0.0530. The van der Waals surface area contributed by atoms with Crippen LogP contribution in [0, 0.1) is 0 Å². The average molecular weight is 256 g/mol. The van der Waals surface area contributed by atoms with Gasteiger partial charge in [0.1, 0.15) is 5.75 Å². The Morgan fingerprint density at radius 2 is 2.26 bits per heavy atom. The van der Waals surface area contributed by atoms with Crippen LogP contribution in [0.4, 0.5) is 0 Å². The number of aryl methyl sites for hydroxylation is 1. The molecule has 0 fully saturated rings. The van der Waals surface area contributed by atoms with Crippen molar-refractivity contribution in [3.05, 3.63) is 53.9 Å². The van der Waals surface area contributed by atoms with E-state index in [4.69, 9.17) is 4.74 Å². The van der Waals surface area contributed by atoms with Gasteiger partial charge < -0.3 is 4.74 Å². The number of carbonyl (C=O) groups excluding carboxylic acids is 1. The third-order valence-corrected chi connectivity index (χ3v) is 2.81. The second-order valence-corrected chi connectivity index (χ2v) is 4.00. The van der Waals surface area contributed by atoms with Crippen LogP contribution < -0.4 is 4.74 Å². The van der Waals surface area contributed by atoms with Crippen molar-refractivity contribution < 1.29 is 9.53 Å². The molecule has 1 aromatic carbocycles. The van der Waals surface area contributed by atoms with Crippen LogP contribution in [0.3, 0.4) is 0 Å². The van der Waals surface area contributed by atoms with Gasteiger partial charge in [-0.15, -0.1) is 0 Å². The minimum Gasteiger partial charge on any atom is -0.497 e. The van der Waals surface area contributed by atoms with Gasteiger partial charge in [-0.2, -0.15) is 5.10 Å². The summed E-state index contributed by atoms with van der Waals surface area (Å²) in [6, 6.07) is 8.98. The van der Waals surface area contributed by atoms with Crippen LogP contribution in [-0.2, 0) is 6.54 Å². The van der Waals surface area contributed by atoms with Crippen molar-refractivity contribution in [3.63, 3.8) is 0 Å². The van der Waals surface area contributed by atoms with Crippen molar-refractivity contribution >= 4 is 11.9 Å². The summed E-state index contributed by atoms with van der Waals surface area (Å²) in [5.74, 6) is 0.626. The van der Waals surface area contributed by atoms with Crippen LogP contribution in [0.2, 0.25) is 0 Å². The number of allylic oxidation sites excluding steroid dienone is 1. The number of hydrogen-bond donors (Lipinski definition) is 0. The number of aromatic nitrogens is 2. The van der Waals surface area contributed by atoms with Crippen LogP contribution in [0.15, 0.2) is 42.6 Å². The molecule has 0 saturated carbocycles. The van der Waals surface area contributed by atoms with E-state index in [1.165, 1.54) is 0 Å². The van der Waals surface area contributed by atoms with Gasteiger partial charge in [0.15, 0.2) is 5.78 Å². The van der Waals surface area contributed by atoms with Gasteiger partial charge in [-0.25, -0.2) is 0 Å². The highest BCUT2D eigenvalue weighted by molar-refractivity contribution is 6.06. The minimum absolute atomic E-state index is 0.0530. The maximum Gasteiger partial charge on any atom is 0.186 e. The molecule has 4 heteroatoms. The second kappa shape index (κ2) is 6.00. The molecule has 1 aromatic heterocycles. The zero-order valence-corrected chi connectivity index (χ0v) is 11.0. The van der Waals surface area contributed by atoms with Gasteiger partial charge in [-0.05, 0) is 37.3 Å². The summed E-state index contributed by atoms with van der Waals surface area (Å²) in [7, 11) is 1.58. The molecule has 0 unspecified atom stereocenters. The molecule has 0 aliphatic carbocycles. The quantitative estimate of drug-likeness (QED) is 0.610. The number of hydrogen-bond acceptors (Lipinski definition) is 3. The van der Waals surface area contributed by atoms with E-state index < -0.39 is 0 Å². The molecule has 1 heterocycles. The molecule has 4 nitrogen and oxygen atoms in total. The SMILES string of the molecule is CCn1nccc1/C=C/C(=O)c1cccc(OC)c1. The predicted molar refractivity (Wildman–Crippen MR) is 74.3 cm³/mol. The Hall–Kier alpha value is -2.36. The van der Waals surface area contributed by atoms with Gasteiger partial charge in [-0.1, -0.05) is 12.1 Å². The van der Waals surface area contributed by atoms with E-state index in [0.29, 0.717) is 11.3 Å². The zero-order valence-electron chi connectivity index (χ0n) is 11.0. The normalized spacial score (nSPS) is 10.8. The monoisotopic (exact) mass is 256 g/mol. The molecular weight excluding hydrogens is 240 g/mol. The summed E-state index contributed by atoms with van der Waals surface area (Å²) in [6.45, 7) is 2.79. The molecule has 2 aromatic rings. The number of rotatable bonds is 5. The fourth-order valence-electron chi connectivity index (χ4n) is 1.78. The Morgan fingerprint density at radius 1 is 1.42 bits per heavy atom. The lowest BCUT2D eigenvalue weighted by molar-refractivity contribution is 0.104.